The van der Waals surface area contributed by atoms with Gasteiger partial charge in [-0.2, -0.15) is 0 Å². The Morgan fingerprint density at radius 3 is 2.44 bits per heavy atom. The molecule has 52 valence electrons. The van der Waals surface area contributed by atoms with Crippen LogP contribution in [0.2, 0.25) is 0 Å². The average molecular weight is 132 g/mol. The van der Waals surface area contributed by atoms with E-state index in [0.717, 1.165) is 0 Å². The molecule has 0 spiro atoms. The zero-order chi connectivity index (χ0) is 7.07. The fraction of sp³-hybridized carbons (Fsp3) is 0.833. The summed E-state index contributed by atoms with van der Waals surface area (Å²) in [7, 11) is 0. The molecule has 9 heavy (non-hydrogen) atoms. The third kappa shape index (κ3) is 1.04. The fourth-order valence-corrected chi connectivity index (χ4v) is 0.791. The van der Waals surface area contributed by atoms with Gasteiger partial charge in [0.05, 0.1) is 6.42 Å². The molecule has 0 bridgehead atoms. The quantitative estimate of drug-likeness (QED) is 0.460. The van der Waals surface area contributed by atoms with E-state index >= 15 is 0 Å². The van der Waals surface area contributed by atoms with E-state index in [1.165, 1.54) is 0 Å². The van der Waals surface area contributed by atoms with Gasteiger partial charge in [-0.3, -0.25) is 4.79 Å². The molecule has 1 saturated heterocycles. The molecule has 0 N–H and O–H groups in total. The summed E-state index contributed by atoms with van der Waals surface area (Å²) in [5.74, 6) is -0.437. The SMILES string of the molecule is CC1(C)OC(=O)CC1F. The maximum atomic E-state index is 12.6. The van der Waals surface area contributed by atoms with Gasteiger partial charge in [0.25, 0.3) is 0 Å². The van der Waals surface area contributed by atoms with Crippen LogP contribution in [0, 0.1) is 0 Å². The molecule has 0 aromatic rings. The number of alkyl halides is 1. The first-order valence-corrected chi connectivity index (χ1v) is 2.88. The summed E-state index contributed by atoms with van der Waals surface area (Å²) in [4.78, 5) is 10.4. The third-order valence-electron chi connectivity index (χ3n) is 1.48. The summed E-state index contributed by atoms with van der Waals surface area (Å²) in [6.45, 7) is 3.14. The van der Waals surface area contributed by atoms with E-state index in [0.29, 0.717) is 0 Å². The summed E-state index contributed by atoms with van der Waals surface area (Å²) in [6, 6.07) is 0. The zero-order valence-electron chi connectivity index (χ0n) is 5.48. The second kappa shape index (κ2) is 1.69. The summed E-state index contributed by atoms with van der Waals surface area (Å²) in [5, 5.41) is 0. The summed E-state index contributed by atoms with van der Waals surface area (Å²) >= 11 is 0. The molecular weight excluding hydrogens is 123 g/mol. The number of ether oxygens (including phenoxy) is 1. The van der Waals surface area contributed by atoms with Gasteiger partial charge in [0, 0.05) is 0 Å². The molecular formula is C6H9FO2. The second-order valence-electron chi connectivity index (χ2n) is 2.75. The van der Waals surface area contributed by atoms with Crippen LogP contribution in [0.5, 0.6) is 0 Å². The topological polar surface area (TPSA) is 26.3 Å². The highest BCUT2D eigenvalue weighted by atomic mass is 19.1. The average Bonchev–Trinajstić information content (AvgIpc) is 1.79. The number of carbonyl (C=O) groups is 1. The van der Waals surface area contributed by atoms with Crippen LogP contribution in [0.1, 0.15) is 20.3 Å². The number of cyclic esters (lactones) is 1. The van der Waals surface area contributed by atoms with E-state index < -0.39 is 17.7 Å². The molecule has 0 radical (unpaired) electrons. The number of hydrogen-bond acceptors (Lipinski definition) is 2. The Bertz CT molecular complexity index is 142. The molecule has 1 unspecified atom stereocenters. The van der Waals surface area contributed by atoms with Gasteiger partial charge < -0.3 is 4.74 Å². The molecule has 3 heteroatoms. The Balaban J connectivity index is 2.69. The minimum Gasteiger partial charge on any atom is -0.456 e. The Hall–Kier alpha value is -0.600. The maximum absolute atomic E-state index is 12.6. The van der Waals surface area contributed by atoms with Gasteiger partial charge in [-0.25, -0.2) is 4.39 Å². The highest BCUT2D eigenvalue weighted by Gasteiger charge is 2.41. The van der Waals surface area contributed by atoms with Crippen LogP contribution in [0.25, 0.3) is 0 Å². The van der Waals surface area contributed by atoms with E-state index in [1.54, 1.807) is 13.8 Å². The first-order valence-electron chi connectivity index (χ1n) is 2.88. The van der Waals surface area contributed by atoms with Crippen LogP contribution in [0.15, 0.2) is 0 Å². The molecule has 1 aliphatic heterocycles. The van der Waals surface area contributed by atoms with Crippen molar-refractivity contribution in [3.8, 4) is 0 Å². The molecule has 0 aliphatic carbocycles. The molecule has 0 amide bonds. The van der Waals surface area contributed by atoms with Crippen LogP contribution in [0.4, 0.5) is 4.39 Å². The monoisotopic (exact) mass is 132 g/mol. The van der Waals surface area contributed by atoms with Crippen molar-refractivity contribution in [3.63, 3.8) is 0 Å². The van der Waals surface area contributed by atoms with Gasteiger partial charge in [0.15, 0.2) is 0 Å². The predicted octanol–water partition coefficient (Wildman–Crippen LogP) is 1.05. The summed E-state index contributed by atoms with van der Waals surface area (Å²) in [6.07, 6.45) is -1.22. The molecule has 0 saturated carbocycles. The third-order valence-corrected chi connectivity index (χ3v) is 1.48. The number of halogens is 1. The number of rotatable bonds is 0. The smallest absolute Gasteiger partial charge is 0.309 e. The Morgan fingerprint density at radius 1 is 1.78 bits per heavy atom. The van der Waals surface area contributed by atoms with Gasteiger partial charge in [-0.1, -0.05) is 0 Å². The van der Waals surface area contributed by atoms with Gasteiger partial charge >= 0.3 is 5.97 Å². The van der Waals surface area contributed by atoms with Crippen molar-refractivity contribution in [1.29, 1.82) is 0 Å². The van der Waals surface area contributed by atoms with E-state index in [1.807, 2.05) is 0 Å². The number of hydrogen-bond donors (Lipinski definition) is 0. The lowest BCUT2D eigenvalue weighted by Crippen LogP contribution is -2.28. The highest BCUT2D eigenvalue weighted by molar-refractivity contribution is 5.73. The molecule has 1 aliphatic rings. The molecule has 1 heterocycles. The molecule has 2 nitrogen and oxygen atoms in total. The lowest BCUT2D eigenvalue weighted by molar-refractivity contribution is -0.146. The van der Waals surface area contributed by atoms with Crippen LogP contribution >= 0.6 is 0 Å². The van der Waals surface area contributed by atoms with Crippen LogP contribution in [0.3, 0.4) is 0 Å². The maximum Gasteiger partial charge on any atom is 0.309 e. The van der Waals surface area contributed by atoms with Crippen molar-refractivity contribution < 1.29 is 13.9 Å². The Morgan fingerprint density at radius 2 is 2.33 bits per heavy atom. The van der Waals surface area contributed by atoms with E-state index in [2.05, 4.69) is 4.74 Å². The molecule has 0 aromatic carbocycles. The van der Waals surface area contributed by atoms with E-state index in [9.17, 15) is 9.18 Å². The molecule has 1 rings (SSSR count). The van der Waals surface area contributed by atoms with Crippen LogP contribution in [-0.4, -0.2) is 17.7 Å². The van der Waals surface area contributed by atoms with Crippen molar-refractivity contribution in [2.45, 2.75) is 32.0 Å². The Labute approximate surface area is 53.0 Å². The van der Waals surface area contributed by atoms with Gasteiger partial charge in [0.1, 0.15) is 11.8 Å². The van der Waals surface area contributed by atoms with Crippen molar-refractivity contribution in [2.75, 3.05) is 0 Å². The first-order chi connectivity index (χ1) is 4.02. The van der Waals surface area contributed by atoms with Crippen molar-refractivity contribution in [1.82, 2.24) is 0 Å². The van der Waals surface area contributed by atoms with E-state index in [-0.39, 0.29) is 6.42 Å². The second-order valence-corrected chi connectivity index (χ2v) is 2.75. The van der Waals surface area contributed by atoms with Crippen molar-refractivity contribution in [3.05, 3.63) is 0 Å². The zero-order valence-corrected chi connectivity index (χ0v) is 5.48. The molecule has 1 atom stereocenters. The number of carbonyl (C=O) groups excluding carboxylic acids is 1. The predicted molar refractivity (Wildman–Crippen MR) is 29.7 cm³/mol. The van der Waals surface area contributed by atoms with Gasteiger partial charge in [-0.05, 0) is 13.8 Å². The largest absolute Gasteiger partial charge is 0.456 e. The first kappa shape index (κ1) is 6.52. The van der Waals surface area contributed by atoms with Crippen molar-refractivity contribution >= 4 is 5.97 Å². The van der Waals surface area contributed by atoms with Gasteiger partial charge in [-0.15, -0.1) is 0 Å². The standard InChI is InChI=1S/C6H9FO2/c1-6(2)4(7)3-5(8)9-6/h4H,3H2,1-2H3. The summed E-state index contributed by atoms with van der Waals surface area (Å²) < 4.78 is 17.3. The van der Waals surface area contributed by atoms with Crippen molar-refractivity contribution in [2.24, 2.45) is 0 Å². The lowest BCUT2D eigenvalue weighted by atomic mass is 10.0. The highest BCUT2D eigenvalue weighted by Crippen LogP contribution is 2.28. The summed E-state index contributed by atoms with van der Waals surface area (Å²) in [5.41, 5.74) is -0.892. The lowest BCUT2D eigenvalue weighted by Gasteiger charge is -2.17. The Kier molecular flexibility index (Phi) is 1.22. The molecule has 0 aromatic heterocycles. The fourth-order valence-electron chi connectivity index (χ4n) is 0.791. The van der Waals surface area contributed by atoms with E-state index in [4.69, 9.17) is 0 Å². The van der Waals surface area contributed by atoms with Crippen LogP contribution in [-0.2, 0) is 9.53 Å². The van der Waals surface area contributed by atoms with Crippen LogP contribution < -0.4 is 0 Å². The van der Waals surface area contributed by atoms with Gasteiger partial charge in [0.2, 0.25) is 0 Å². The minimum absolute atomic E-state index is 0.0903. The number of esters is 1. The normalized spacial score (nSPS) is 32.3. The molecule has 1 fully saturated rings. The minimum atomic E-state index is -1.13.